The van der Waals surface area contributed by atoms with Gasteiger partial charge in [0.05, 0.1) is 19.3 Å². The van der Waals surface area contributed by atoms with Crippen LogP contribution in [0.5, 0.6) is 0 Å². The van der Waals surface area contributed by atoms with Gasteiger partial charge in [0.15, 0.2) is 0 Å². The fraction of sp³-hybridized carbons (Fsp3) is 1.00. The Kier molecular flexibility index (Phi) is 5.13. The number of rotatable bonds is 5. The molecule has 6 nitrogen and oxygen atoms in total. The molecule has 0 aromatic carbocycles. The van der Waals surface area contributed by atoms with E-state index in [0.29, 0.717) is 19.0 Å². The third-order valence-corrected chi connectivity index (χ3v) is 4.52. The molecule has 1 rings (SSSR count). The van der Waals surface area contributed by atoms with Gasteiger partial charge in [-0.1, -0.05) is 6.92 Å². The van der Waals surface area contributed by atoms with Crippen molar-refractivity contribution >= 4 is 10.2 Å². The minimum Gasteiger partial charge on any atom is -0.395 e. The van der Waals surface area contributed by atoms with Gasteiger partial charge in [0.25, 0.3) is 10.2 Å². The summed E-state index contributed by atoms with van der Waals surface area (Å²) in [5.74, 6) is 0.554. The van der Waals surface area contributed by atoms with Crippen molar-refractivity contribution < 1.29 is 18.6 Å². The topological polar surface area (TPSA) is 89.9 Å². The zero-order chi connectivity index (χ0) is 12.2. The Bertz CT molecular complexity index is 295. The Balaban J connectivity index is 2.56. The zero-order valence-electron chi connectivity index (χ0n) is 9.46. The largest absolute Gasteiger partial charge is 0.395 e. The van der Waals surface area contributed by atoms with Gasteiger partial charge in [0.2, 0.25) is 0 Å². The first-order chi connectivity index (χ1) is 7.49. The van der Waals surface area contributed by atoms with Crippen molar-refractivity contribution in [3.8, 4) is 0 Å². The Labute approximate surface area is 96.4 Å². The van der Waals surface area contributed by atoms with Crippen molar-refractivity contribution in [3.63, 3.8) is 0 Å². The summed E-state index contributed by atoms with van der Waals surface area (Å²) in [7, 11) is -3.57. The average molecular weight is 252 g/mol. The minimum absolute atomic E-state index is 0.403. The maximum Gasteiger partial charge on any atom is 0.279 e. The van der Waals surface area contributed by atoms with Crippen LogP contribution in [0.3, 0.4) is 0 Å². The molecule has 0 aliphatic carbocycles. The number of nitrogens with zero attached hydrogens (tertiary/aromatic N) is 1. The summed E-state index contributed by atoms with van der Waals surface area (Å²) >= 11 is 0. The summed E-state index contributed by atoms with van der Waals surface area (Å²) in [5, 5.41) is 17.6. The third kappa shape index (κ3) is 3.67. The fourth-order valence-electron chi connectivity index (χ4n) is 1.64. The van der Waals surface area contributed by atoms with E-state index in [1.807, 2.05) is 0 Å². The molecule has 0 atom stereocenters. The van der Waals surface area contributed by atoms with Gasteiger partial charge < -0.3 is 10.2 Å². The molecule has 16 heavy (non-hydrogen) atoms. The number of piperidine rings is 1. The Morgan fingerprint density at radius 1 is 1.31 bits per heavy atom. The highest BCUT2D eigenvalue weighted by Crippen LogP contribution is 2.17. The first kappa shape index (κ1) is 13.9. The molecule has 0 amide bonds. The smallest absolute Gasteiger partial charge is 0.279 e. The zero-order valence-corrected chi connectivity index (χ0v) is 10.3. The Morgan fingerprint density at radius 3 is 2.25 bits per heavy atom. The molecule has 0 aromatic heterocycles. The predicted molar refractivity (Wildman–Crippen MR) is 60.0 cm³/mol. The standard InChI is InChI=1S/C9H20N2O4S/c1-8-2-4-11(5-3-8)16(14,15)10-9(6-12)7-13/h8-10,12-13H,2-7H2,1H3. The quantitative estimate of drug-likeness (QED) is 0.580. The van der Waals surface area contributed by atoms with Crippen LogP contribution in [-0.4, -0.2) is 55.3 Å². The van der Waals surface area contributed by atoms with Crippen LogP contribution < -0.4 is 4.72 Å². The van der Waals surface area contributed by atoms with E-state index in [9.17, 15) is 8.42 Å². The van der Waals surface area contributed by atoms with E-state index < -0.39 is 29.5 Å². The van der Waals surface area contributed by atoms with E-state index in [-0.39, 0.29) is 0 Å². The first-order valence-electron chi connectivity index (χ1n) is 5.48. The summed E-state index contributed by atoms with van der Waals surface area (Å²) in [6.07, 6.45) is 1.70. The molecule has 7 heteroatoms. The minimum atomic E-state index is -3.57. The van der Waals surface area contributed by atoms with Gasteiger partial charge in [-0.2, -0.15) is 17.4 Å². The monoisotopic (exact) mass is 252 g/mol. The van der Waals surface area contributed by atoms with Crippen LogP contribution in [0.25, 0.3) is 0 Å². The Hall–Kier alpha value is -0.210. The lowest BCUT2D eigenvalue weighted by atomic mass is 10.0. The van der Waals surface area contributed by atoms with Crippen LogP contribution >= 0.6 is 0 Å². The summed E-state index contributed by atoms with van der Waals surface area (Å²) in [6, 6.07) is -0.815. The van der Waals surface area contributed by atoms with Crippen LogP contribution in [0.15, 0.2) is 0 Å². The number of aliphatic hydroxyl groups excluding tert-OH is 2. The van der Waals surface area contributed by atoms with Gasteiger partial charge in [-0.3, -0.25) is 0 Å². The molecule has 0 unspecified atom stereocenters. The number of hydrogen-bond acceptors (Lipinski definition) is 4. The molecule has 0 radical (unpaired) electrons. The molecular formula is C9H20N2O4S. The fourth-order valence-corrected chi connectivity index (χ4v) is 3.05. The highest BCUT2D eigenvalue weighted by atomic mass is 32.2. The predicted octanol–water partition coefficient (Wildman–Crippen LogP) is -1.09. The summed E-state index contributed by atoms with van der Waals surface area (Å²) in [5.41, 5.74) is 0. The van der Waals surface area contributed by atoms with Crippen LogP contribution in [0.2, 0.25) is 0 Å². The second-order valence-electron chi connectivity index (χ2n) is 4.27. The normalized spacial score (nSPS) is 20.5. The Morgan fingerprint density at radius 2 is 1.81 bits per heavy atom. The lowest BCUT2D eigenvalue weighted by Gasteiger charge is -2.30. The molecule has 1 aliphatic heterocycles. The van der Waals surface area contributed by atoms with Crippen molar-refractivity contribution in [3.05, 3.63) is 0 Å². The number of hydrogen-bond donors (Lipinski definition) is 3. The lowest BCUT2D eigenvalue weighted by Crippen LogP contribution is -2.50. The number of aliphatic hydroxyl groups is 2. The maximum absolute atomic E-state index is 11.8. The highest BCUT2D eigenvalue weighted by molar-refractivity contribution is 7.87. The van der Waals surface area contributed by atoms with Gasteiger partial charge in [-0.15, -0.1) is 0 Å². The van der Waals surface area contributed by atoms with E-state index in [1.54, 1.807) is 0 Å². The maximum atomic E-state index is 11.8. The molecule has 0 saturated carbocycles. The molecule has 1 heterocycles. The third-order valence-electron chi connectivity index (χ3n) is 2.84. The molecule has 0 spiro atoms. The summed E-state index contributed by atoms with van der Waals surface area (Å²) in [6.45, 7) is 2.29. The summed E-state index contributed by atoms with van der Waals surface area (Å²) < 4.78 is 27.3. The van der Waals surface area contributed by atoms with Gasteiger partial charge in [-0.05, 0) is 18.8 Å². The van der Waals surface area contributed by atoms with Crippen LogP contribution in [0.4, 0.5) is 0 Å². The second kappa shape index (κ2) is 5.92. The van der Waals surface area contributed by atoms with E-state index in [4.69, 9.17) is 10.2 Å². The van der Waals surface area contributed by atoms with Crippen molar-refractivity contribution in [1.29, 1.82) is 0 Å². The SMILES string of the molecule is CC1CCN(S(=O)(=O)NC(CO)CO)CC1. The summed E-state index contributed by atoms with van der Waals surface area (Å²) in [4.78, 5) is 0. The van der Waals surface area contributed by atoms with Crippen molar-refractivity contribution in [1.82, 2.24) is 9.03 Å². The molecule has 96 valence electrons. The molecule has 0 aromatic rings. The van der Waals surface area contributed by atoms with Crippen LogP contribution in [0.1, 0.15) is 19.8 Å². The molecule has 1 saturated heterocycles. The van der Waals surface area contributed by atoms with Gasteiger partial charge in [0.1, 0.15) is 0 Å². The van der Waals surface area contributed by atoms with Crippen LogP contribution in [0, 0.1) is 5.92 Å². The lowest BCUT2D eigenvalue weighted by molar-refractivity contribution is 0.181. The highest BCUT2D eigenvalue weighted by Gasteiger charge is 2.27. The van der Waals surface area contributed by atoms with E-state index in [1.165, 1.54) is 4.31 Å². The number of nitrogens with one attached hydrogen (secondary N) is 1. The molecule has 1 aliphatic rings. The van der Waals surface area contributed by atoms with E-state index >= 15 is 0 Å². The van der Waals surface area contributed by atoms with E-state index in [0.717, 1.165) is 12.8 Å². The van der Waals surface area contributed by atoms with Gasteiger partial charge in [0, 0.05) is 13.1 Å². The van der Waals surface area contributed by atoms with Gasteiger partial charge >= 0.3 is 0 Å². The van der Waals surface area contributed by atoms with Crippen LogP contribution in [-0.2, 0) is 10.2 Å². The second-order valence-corrected chi connectivity index (χ2v) is 5.97. The van der Waals surface area contributed by atoms with Crippen molar-refractivity contribution in [2.24, 2.45) is 5.92 Å². The van der Waals surface area contributed by atoms with Crippen molar-refractivity contribution in [2.45, 2.75) is 25.8 Å². The molecular weight excluding hydrogens is 232 g/mol. The van der Waals surface area contributed by atoms with Gasteiger partial charge in [-0.25, -0.2) is 0 Å². The average Bonchev–Trinajstić information content (AvgIpc) is 2.26. The molecule has 0 bridgehead atoms. The van der Waals surface area contributed by atoms with Crippen molar-refractivity contribution in [2.75, 3.05) is 26.3 Å². The molecule has 3 N–H and O–H groups in total. The first-order valence-corrected chi connectivity index (χ1v) is 6.92. The van der Waals surface area contributed by atoms with E-state index in [2.05, 4.69) is 11.6 Å². The molecule has 1 fully saturated rings.